The second kappa shape index (κ2) is 7.55. The van der Waals surface area contributed by atoms with Crippen LogP contribution >= 0.6 is 15.9 Å². The summed E-state index contributed by atoms with van der Waals surface area (Å²) < 4.78 is 5.76. The first kappa shape index (κ1) is 13.6. The Bertz CT molecular complexity index is 476. The minimum Gasteiger partial charge on any atom is -0.377 e. The van der Waals surface area contributed by atoms with Gasteiger partial charge in [-0.2, -0.15) is 0 Å². The Morgan fingerprint density at radius 2 is 1.72 bits per heavy atom. The smallest absolute Gasteiger partial charge is 0.0722 e. The molecule has 0 aliphatic carbocycles. The number of ether oxygens (including phenoxy) is 1. The van der Waals surface area contributed by atoms with E-state index in [1.165, 1.54) is 29.2 Å². The summed E-state index contributed by atoms with van der Waals surface area (Å²) >= 11 is 3.44. The van der Waals surface area contributed by atoms with Crippen LogP contribution in [-0.4, -0.2) is 11.9 Å². The summed E-state index contributed by atoms with van der Waals surface area (Å²) in [5, 5.41) is 3.69. The van der Waals surface area contributed by atoms with E-state index in [0.29, 0.717) is 0 Å². The van der Waals surface area contributed by atoms with E-state index in [1.54, 1.807) is 0 Å². The lowest BCUT2D eigenvalue weighted by Crippen LogP contribution is -1.96. The van der Waals surface area contributed by atoms with Crippen LogP contribution in [0.5, 0.6) is 0 Å². The maximum absolute atomic E-state index is 5.76. The SMILES string of the molecule is BrCCCCCOCc1cccc2ccccc12. The Kier molecular flexibility index (Phi) is 5.69. The quantitative estimate of drug-likeness (QED) is 0.521. The van der Waals surface area contributed by atoms with Crippen molar-refractivity contribution in [1.82, 2.24) is 0 Å². The number of rotatable bonds is 7. The summed E-state index contributed by atoms with van der Waals surface area (Å²) in [4.78, 5) is 0. The molecule has 0 atom stereocenters. The van der Waals surface area contributed by atoms with E-state index >= 15 is 0 Å². The Morgan fingerprint density at radius 3 is 2.61 bits per heavy atom. The first-order chi connectivity index (χ1) is 8.92. The van der Waals surface area contributed by atoms with Gasteiger partial charge < -0.3 is 4.74 Å². The van der Waals surface area contributed by atoms with Gasteiger partial charge in [-0.15, -0.1) is 0 Å². The highest BCUT2D eigenvalue weighted by Crippen LogP contribution is 2.19. The number of unbranched alkanes of at least 4 members (excludes halogenated alkanes) is 2. The molecule has 0 amide bonds. The van der Waals surface area contributed by atoms with Gasteiger partial charge in [0.25, 0.3) is 0 Å². The molecule has 0 unspecified atom stereocenters. The summed E-state index contributed by atoms with van der Waals surface area (Å²) in [6.07, 6.45) is 3.62. The van der Waals surface area contributed by atoms with Gasteiger partial charge in [-0.05, 0) is 29.2 Å². The van der Waals surface area contributed by atoms with E-state index in [0.717, 1.165) is 25.0 Å². The van der Waals surface area contributed by atoms with Gasteiger partial charge >= 0.3 is 0 Å². The van der Waals surface area contributed by atoms with Crippen LogP contribution < -0.4 is 0 Å². The van der Waals surface area contributed by atoms with Crippen molar-refractivity contribution in [3.05, 3.63) is 48.0 Å². The van der Waals surface area contributed by atoms with Gasteiger partial charge in [0.2, 0.25) is 0 Å². The molecule has 2 heteroatoms. The third-order valence-corrected chi connectivity index (χ3v) is 3.62. The predicted molar refractivity (Wildman–Crippen MR) is 81.2 cm³/mol. The molecule has 0 saturated carbocycles. The molecule has 2 aromatic carbocycles. The van der Waals surface area contributed by atoms with Crippen molar-refractivity contribution >= 4 is 26.7 Å². The molecular formula is C16H19BrO. The van der Waals surface area contributed by atoms with E-state index in [9.17, 15) is 0 Å². The molecule has 0 N–H and O–H groups in total. The van der Waals surface area contributed by atoms with Crippen LogP contribution in [0.3, 0.4) is 0 Å². The molecule has 0 radical (unpaired) electrons. The van der Waals surface area contributed by atoms with Gasteiger partial charge in [0.15, 0.2) is 0 Å². The fraction of sp³-hybridized carbons (Fsp3) is 0.375. The second-order valence-corrected chi connectivity index (χ2v) is 5.23. The third-order valence-electron chi connectivity index (χ3n) is 3.06. The van der Waals surface area contributed by atoms with Gasteiger partial charge in [-0.25, -0.2) is 0 Å². The number of hydrogen-bond acceptors (Lipinski definition) is 1. The lowest BCUT2D eigenvalue weighted by molar-refractivity contribution is 0.118. The highest BCUT2D eigenvalue weighted by Gasteiger charge is 1.99. The first-order valence-corrected chi connectivity index (χ1v) is 7.64. The Hall–Kier alpha value is -0.860. The van der Waals surface area contributed by atoms with Crippen molar-refractivity contribution in [2.75, 3.05) is 11.9 Å². The molecule has 0 saturated heterocycles. The molecule has 96 valence electrons. The fourth-order valence-electron chi connectivity index (χ4n) is 2.08. The molecule has 2 rings (SSSR count). The molecule has 0 heterocycles. The molecule has 2 aromatic rings. The van der Waals surface area contributed by atoms with Crippen LogP contribution in [-0.2, 0) is 11.3 Å². The lowest BCUT2D eigenvalue weighted by Gasteiger charge is -2.07. The molecule has 18 heavy (non-hydrogen) atoms. The Balaban J connectivity index is 1.88. The van der Waals surface area contributed by atoms with Crippen LogP contribution in [0.15, 0.2) is 42.5 Å². The van der Waals surface area contributed by atoms with Crippen LogP contribution in [0, 0.1) is 0 Å². The topological polar surface area (TPSA) is 9.23 Å². The Morgan fingerprint density at radius 1 is 0.889 bits per heavy atom. The zero-order valence-corrected chi connectivity index (χ0v) is 12.2. The maximum Gasteiger partial charge on any atom is 0.0722 e. The van der Waals surface area contributed by atoms with Crippen LogP contribution in [0.1, 0.15) is 24.8 Å². The first-order valence-electron chi connectivity index (χ1n) is 6.52. The maximum atomic E-state index is 5.76. The molecule has 0 aliphatic heterocycles. The molecule has 1 nitrogen and oxygen atoms in total. The van der Waals surface area contributed by atoms with Crippen LogP contribution in [0.25, 0.3) is 10.8 Å². The molecule has 0 aromatic heterocycles. The van der Waals surface area contributed by atoms with Gasteiger partial charge in [-0.1, -0.05) is 64.8 Å². The summed E-state index contributed by atoms with van der Waals surface area (Å²) in [6, 6.07) is 14.9. The van der Waals surface area contributed by atoms with Gasteiger partial charge in [0, 0.05) is 11.9 Å². The van der Waals surface area contributed by atoms with E-state index in [4.69, 9.17) is 4.74 Å². The van der Waals surface area contributed by atoms with E-state index < -0.39 is 0 Å². The minimum atomic E-state index is 0.718. The van der Waals surface area contributed by atoms with Crippen molar-refractivity contribution in [2.24, 2.45) is 0 Å². The fourth-order valence-corrected chi connectivity index (χ4v) is 2.47. The number of alkyl halides is 1. The van der Waals surface area contributed by atoms with Gasteiger partial charge in [0.1, 0.15) is 0 Å². The summed E-state index contributed by atoms with van der Waals surface area (Å²) in [5.74, 6) is 0. The standard InChI is InChI=1S/C16H19BrO/c17-11-4-1-5-12-18-13-15-9-6-8-14-7-2-3-10-16(14)15/h2-3,6-10H,1,4-5,11-13H2. The van der Waals surface area contributed by atoms with Gasteiger partial charge in [0.05, 0.1) is 6.61 Å². The highest BCUT2D eigenvalue weighted by molar-refractivity contribution is 9.09. The molecular weight excluding hydrogens is 288 g/mol. The van der Waals surface area contributed by atoms with Crippen molar-refractivity contribution in [1.29, 1.82) is 0 Å². The highest BCUT2D eigenvalue weighted by atomic mass is 79.9. The normalized spacial score (nSPS) is 10.9. The van der Waals surface area contributed by atoms with Crippen molar-refractivity contribution in [3.8, 4) is 0 Å². The van der Waals surface area contributed by atoms with E-state index in [1.807, 2.05) is 0 Å². The number of fused-ring (bicyclic) bond motifs is 1. The summed E-state index contributed by atoms with van der Waals surface area (Å²) in [5.41, 5.74) is 1.29. The third kappa shape index (κ3) is 3.82. The van der Waals surface area contributed by atoms with Crippen molar-refractivity contribution < 1.29 is 4.74 Å². The van der Waals surface area contributed by atoms with Gasteiger partial charge in [-0.3, -0.25) is 0 Å². The van der Waals surface area contributed by atoms with Crippen molar-refractivity contribution in [3.63, 3.8) is 0 Å². The van der Waals surface area contributed by atoms with Crippen LogP contribution in [0.4, 0.5) is 0 Å². The number of benzene rings is 2. The molecule has 0 aliphatic rings. The predicted octanol–water partition coefficient (Wildman–Crippen LogP) is 4.92. The largest absolute Gasteiger partial charge is 0.377 e. The number of hydrogen-bond donors (Lipinski definition) is 0. The number of halogens is 1. The monoisotopic (exact) mass is 306 g/mol. The summed E-state index contributed by atoms with van der Waals surface area (Å²) in [7, 11) is 0. The van der Waals surface area contributed by atoms with E-state index in [-0.39, 0.29) is 0 Å². The summed E-state index contributed by atoms with van der Waals surface area (Å²) in [6.45, 7) is 1.58. The van der Waals surface area contributed by atoms with E-state index in [2.05, 4.69) is 58.4 Å². The average Bonchev–Trinajstić information content (AvgIpc) is 2.43. The molecule has 0 spiro atoms. The second-order valence-electron chi connectivity index (χ2n) is 4.44. The zero-order chi connectivity index (χ0) is 12.6. The lowest BCUT2D eigenvalue weighted by atomic mass is 10.1. The molecule has 0 bridgehead atoms. The molecule has 0 fully saturated rings. The Labute approximate surface area is 117 Å². The van der Waals surface area contributed by atoms with Crippen LogP contribution in [0.2, 0.25) is 0 Å². The zero-order valence-electron chi connectivity index (χ0n) is 10.6. The average molecular weight is 307 g/mol. The minimum absolute atomic E-state index is 0.718. The van der Waals surface area contributed by atoms with Crippen molar-refractivity contribution in [2.45, 2.75) is 25.9 Å².